The minimum absolute atomic E-state index is 0.771. The lowest BCUT2D eigenvalue weighted by Crippen LogP contribution is -2.22. The maximum atomic E-state index is 9.97. The number of terminal acetylenes is 1. The Kier molecular flexibility index (Phi) is 7.44. The van der Waals surface area contributed by atoms with Gasteiger partial charge in [0, 0.05) is 6.42 Å². The summed E-state index contributed by atoms with van der Waals surface area (Å²) >= 11 is 2.94. The van der Waals surface area contributed by atoms with Gasteiger partial charge in [-0.3, -0.25) is 4.79 Å². The van der Waals surface area contributed by atoms with Crippen LogP contribution in [0.1, 0.15) is 27.2 Å². The minimum Gasteiger partial charge on any atom is -0.480 e. The molecule has 11 heavy (non-hydrogen) atoms. The van der Waals surface area contributed by atoms with Crippen molar-refractivity contribution in [3.05, 3.63) is 0 Å². The van der Waals surface area contributed by atoms with Crippen molar-refractivity contribution in [3.63, 3.8) is 0 Å². The van der Waals surface area contributed by atoms with Gasteiger partial charge in [0.25, 0.3) is 0 Å². The average Bonchev–Trinajstić information content (AvgIpc) is 1.87. The van der Waals surface area contributed by atoms with Gasteiger partial charge in [-0.1, -0.05) is 22.9 Å². The lowest BCUT2D eigenvalue weighted by Gasteiger charge is -2.06. The number of hydrogen-bond donors (Lipinski definition) is 1. The van der Waals surface area contributed by atoms with E-state index in [0.29, 0.717) is 0 Å². The van der Waals surface area contributed by atoms with Crippen LogP contribution in [-0.2, 0) is 4.79 Å². The molecule has 0 radical (unpaired) electrons. The van der Waals surface area contributed by atoms with Gasteiger partial charge in [-0.25, -0.2) is 0 Å². The number of carboxylic acids is 1. The van der Waals surface area contributed by atoms with Crippen molar-refractivity contribution < 1.29 is 9.90 Å². The Balaban J connectivity index is 0. The van der Waals surface area contributed by atoms with Crippen molar-refractivity contribution in [2.45, 2.75) is 31.5 Å². The van der Waals surface area contributed by atoms with Gasteiger partial charge < -0.3 is 5.11 Å². The zero-order chi connectivity index (χ0) is 9.49. The molecule has 1 N–H and O–H groups in total. The number of aliphatic carboxylic acids is 1. The first kappa shape index (κ1) is 13.1. The van der Waals surface area contributed by atoms with Crippen LogP contribution in [0.15, 0.2) is 0 Å². The summed E-state index contributed by atoms with van der Waals surface area (Å²) in [5.74, 6) is 1.59. The van der Waals surface area contributed by atoms with E-state index in [9.17, 15) is 4.79 Å². The molecule has 0 heterocycles. The van der Waals surface area contributed by atoms with E-state index in [1.807, 2.05) is 6.92 Å². The van der Waals surface area contributed by atoms with E-state index < -0.39 is 10.3 Å². The van der Waals surface area contributed by atoms with Crippen LogP contribution >= 0.6 is 15.9 Å². The summed E-state index contributed by atoms with van der Waals surface area (Å²) in [5, 5.41) is 8.20. The lowest BCUT2D eigenvalue weighted by atomic mass is 10.2. The Morgan fingerprint density at radius 3 is 1.91 bits per heavy atom. The third-order valence-electron chi connectivity index (χ3n) is 0.713. The van der Waals surface area contributed by atoms with E-state index in [-0.39, 0.29) is 0 Å². The molecule has 0 bridgehead atoms. The summed E-state index contributed by atoms with van der Waals surface area (Å²) in [6.45, 7) is 5.10. The fourth-order valence-electron chi connectivity index (χ4n) is 0. The average molecular weight is 221 g/mol. The maximum Gasteiger partial charge on any atom is 0.319 e. The molecule has 0 rings (SSSR count). The van der Waals surface area contributed by atoms with Crippen LogP contribution in [0.3, 0.4) is 0 Å². The molecule has 0 aliphatic carbocycles. The number of rotatable bonds is 1. The monoisotopic (exact) mass is 220 g/mol. The van der Waals surface area contributed by atoms with Crippen LogP contribution < -0.4 is 0 Å². The van der Waals surface area contributed by atoms with Gasteiger partial charge >= 0.3 is 5.97 Å². The summed E-state index contributed by atoms with van der Waals surface area (Å²) in [6.07, 6.45) is 5.62. The van der Waals surface area contributed by atoms with Crippen LogP contribution in [0.5, 0.6) is 0 Å². The molecule has 0 amide bonds. The number of halogens is 1. The number of carbonyl (C=O) groups is 1. The molecule has 0 aromatic rings. The number of carboxylic acid groups (broad SMARTS) is 1. The Hall–Kier alpha value is -0.490. The second-order valence-electron chi connectivity index (χ2n) is 2.34. The molecule has 0 aliphatic heterocycles. The van der Waals surface area contributed by atoms with Crippen LogP contribution in [0.25, 0.3) is 0 Å². The highest BCUT2D eigenvalue weighted by molar-refractivity contribution is 9.10. The van der Waals surface area contributed by atoms with Crippen molar-refractivity contribution in [2.24, 2.45) is 0 Å². The normalized spacial score (nSPS) is 9.00. The molecule has 0 aliphatic rings. The van der Waals surface area contributed by atoms with Gasteiger partial charge in [0.2, 0.25) is 0 Å². The molecule has 0 spiro atoms. The molecule has 0 unspecified atom stereocenters. The molecule has 0 fully saturated rings. The summed E-state index contributed by atoms with van der Waals surface area (Å²) in [4.78, 5) is 9.97. The fraction of sp³-hybridized carbons (Fsp3) is 0.625. The first-order valence-corrected chi connectivity index (χ1v) is 4.01. The minimum atomic E-state index is -0.840. The quantitative estimate of drug-likeness (QED) is 0.544. The van der Waals surface area contributed by atoms with Crippen molar-refractivity contribution in [2.75, 3.05) is 0 Å². The van der Waals surface area contributed by atoms with Gasteiger partial charge in [0.05, 0.1) is 0 Å². The Morgan fingerprint density at radius 1 is 1.73 bits per heavy atom. The second-order valence-corrected chi connectivity index (χ2v) is 4.32. The maximum absolute atomic E-state index is 9.97. The molecule has 0 saturated heterocycles. The van der Waals surface area contributed by atoms with E-state index >= 15 is 0 Å². The Bertz CT molecular complexity index is 150. The molecule has 0 saturated carbocycles. The van der Waals surface area contributed by atoms with Crippen LogP contribution in [-0.4, -0.2) is 15.4 Å². The molecule has 0 aromatic heterocycles. The lowest BCUT2D eigenvalue weighted by molar-refractivity contribution is -0.138. The van der Waals surface area contributed by atoms with Crippen LogP contribution in [0, 0.1) is 12.3 Å². The standard InChI is InChI=1S/C4H7BrO2.C4H6/c1-4(2,5)3(6)7;1-3-4-2/h1-2H3,(H,6,7);1H,4H2,2H3. The van der Waals surface area contributed by atoms with Gasteiger partial charge in [-0.05, 0) is 13.8 Å². The predicted octanol–water partition coefficient (Wildman–Crippen LogP) is 2.27. The molecular formula is C8H13BrO2. The third kappa shape index (κ3) is 12.7. The highest BCUT2D eigenvalue weighted by Gasteiger charge is 2.21. The van der Waals surface area contributed by atoms with Gasteiger partial charge in [-0.2, -0.15) is 0 Å². The smallest absolute Gasteiger partial charge is 0.319 e. The summed E-state index contributed by atoms with van der Waals surface area (Å²) in [5.41, 5.74) is 0. The molecule has 0 aromatic carbocycles. The van der Waals surface area contributed by atoms with Crippen LogP contribution in [0.2, 0.25) is 0 Å². The summed E-state index contributed by atoms with van der Waals surface area (Å²) in [7, 11) is 0. The van der Waals surface area contributed by atoms with Crippen molar-refractivity contribution in [3.8, 4) is 12.3 Å². The molecule has 64 valence electrons. The van der Waals surface area contributed by atoms with Crippen LogP contribution in [0.4, 0.5) is 0 Å². The third-order valence-corrected chi connectivity index (χ3v) is 1.05. The molecule has 3 heteroatoms. The van der Waals surface area contributed by atoms with Gasteiger partial charge in [-0.15, -0.1) is 12.3 Å². The van der Waals surface area contributed by atoms with Crippen molar-refractivity contribution in [1.29, 1.82) is 0 Å². The number of hydrogen-bond acceptors (Lipinski definition) is 1. The van der Waals surface area contributed by atoms with E-state index in [0.717, 1.165) is 6.42 Å². The SMILES string of the molecule is C#CCC.CC(C)(Br)C(=O)O. The second kappa shape index (κ2) is 6.23. The zero-order valence-electron chi connectivity index (χ0n) is 7.02. The van der Waals surface area contributed by atoms with Crippen molar-refractivity contribution in [1.82, 2.24) is 0 Å². The number of alkyl halides is 1. The van der Waals surface area contributed by atoms with Gasteiger partial charge in [0.1, 0.15) is 4.32 Å². The Morgan fingerprint density at radius 2 is 1.91 bits per heavy atom. The highest BCUT2D eigenvalue weighted by atomic mass is 79.9. The first-order valence-electron chi connectivity index (χ1n) is 3.22. The van der Waals surface area contributed by atoms with E-state index in [1.54, 1.807) is 13.8 Å². The molecule has 0 atom stereocenters. The predicted molar refractivity (Wildman–Crippen MR) is 49.8 cm³/mol. The highest BCUT2D eigenvalue weighted by Crippen LogP contribution is 2.14. The molecule has 2 nitrogen and oxygen atoms in total. The molecular weight excluding hydrogens is 208 g/mol. The largest absolute Gasteiger partial charge is 0.480 e. The van der Waals surface area contributed by atoms with Gasteiger partial charge in [0.15, 0.2) is 0 Å². The first-order chi connectivity index (χ1) is 4.86. The van der Waals surface area contributed by atoms with Crippen molar-refractivity contribution >= 4 is 21.9 Å². The zero-order valence-corrected chi connectivity index (χ0v) is 8.60. The van der Waals surface area contributed by atoms with E-state index in [1.165, 1.54) is 0 Å². The summed E-state index contributed by atoms with van der Waals surface area (Å²) < 4.78 is -0.771. The van der Waals surface area contributed by atoms with E-state index in [4.69, 9.17) is 11.5 Å². The summed E-state index contributed by atoms with van der Waals surface area (Å²) in [6, 6.07) is 0. The Labute approximate surface area is 76.1 Å². The topological polar surface area (TPSA) is 37.3 Å². The van der Waals surface area contributed by atoms with E-state index in [2.05, 4.69) is 21.9 Å². The fourth-order valence-corrected chi connectivity index (χ4v) is 0.